The topological polar surface area (TPSA) is 51.4 Å². The van der Waals surface area contributed by atoms with Crippen molar-refractivity contribution in [3.63, 3.8) is 0 Å². The number of nitrogens with zero attached hydrogens (tertiary/aromatic N) is 2. The molecule has 94 valence electrons. The molecule has 1 fully saturated rings. The molecule has 1 aliphatic heterocycles. The first kappa shape index (κ1) is 11.3. The fraction of sp³-hybridized carbons (Fsp3) is 0.357. The van der Waals surface area contributed by atoms with Gasteiger partial charge in [0.25, 0.3) is 0 Å². The zero-order valence-corrected chi connectivity index (χ0v) is 10.5. The molecule has 4 heteroatoms. The molecule has 0 saturated carbocycles. The second kappa shape index (κ2) is 4.46. The standard InChI is InChI=1S/C14H17N3O/c1-18-12-6-7-17(9-12)14-5-2-10-8-11(15)3-4-13(10)16-14/h2-5,8,12H,6-7,9,15H2,1H3. The van der Waals surface area contributed by atoms with Gasteiger partial charge < -0.3 is 15.4 Å². The highest BCUT2D eigenvalue weighted by molar-refractivity contribution is 5.83. The quantitative estimate of drug-likeness (QED) is 0.820. The molecule has 0 amide bonds. The molecule has 18 heavy (non-hydrogen) atoms. The summed E-state index contributed by atoms with van der Waals surface area (Å²) in [6, 6.07) is 9.95. The van der Waals surface area contributed by atoms with E-state index in [9.17, 15) is 0 Å². The zero-order chi connectivity index (χ0) is 12.5. The Morgan fingerprint density at radius 3 is 3.00 bits per heavy atom. The van der Waals surface area contributed by atoms with Gasteiger partial charge in [-0.1, -0.05) is 0 Å². The maximum absolute atomic E-state index is 5.77. The number of methoxy groups -OCH3 is 1. The average Bonchev–Trinajstić information content (AvgIpc) is 2.87. The van der Waals surface area contributed by atoms with Crippen molar-refractivity contribution in [2.45, 2.75) is 12.5 Å². The van der Waals surface area contributed by atoms with Crippen molar-refractivity contribution in [2.24, 2.45) is 0 Å². The highest BCUT2D eigenvalue weighted by Gasteiger charge is 2.22. The SMILES string of the molecule is COC1CCN(c2ccc3cc(N)ccc3n2)C1. The predicted molar refractivity (Wildman–Crippen MR) is 73.8 cm³/mol. The summed E-state index contributed by atoms with van der Waals surface area (Å²) in [6.07, 6.45) is 1.40. The summed E-state index contributed by atoms with van der Waals surface area (Å²) in [7, 11) is 1.77. The van der Waals surface area contributed by atoms with Gasteiger partial charge in [-0.05, 0) is 36.8 Å². The van der Waals surface area contributed by atoms with Gasteiger partial charge in [0.05, 0.1) is 11.6 Å². The van der Waals surface area contributed by atoms with Crippen molar-refractivity contribution in [1.29, 1.82) is 0 Å². The summed E-state index contributed by atoms with van der Waals surface area (Å²) in [5, 5.41) is 1.08. The Hall–Kier alpha value is -1.81. The molecule has 1 unspecified atom stereocenters. The summed E-state index contributed by atoms with van der Waals surface area (Å²) in [6.45, 7) is 1.93. The Balaban J connectivity index is 1.92. The summed E-state index contributed by atoms with van der Waals surface area (Å²) in [4.78, 5) is 6.95. The van der Waals surface area contributed by atoms with Crippen molar-refractivity contribution in [3.8, 4) is 0 Å². The monoisotopic (exact) mass is 243 g/mol. The fourth-order valence-corrected chi connectivity index (χ4v) is 2.44. The molecule has 1 aromatic heterocycles. The van der Waals surface area contributed by atoms with Gasteiger partial charge in [-0.3, -0.25) is 0 Å². The lowest BCUT2D eigenvalue weighted by Gasteiger charge is -2.17. The molecule has 1 aromatic carbocycles. The minimum atomic E-state index is 0.328. The van der Waals surface area contributed by atoms with E-state index in [1.54, 1.807) is 7.11 Å². The third-order valence-corrected chi connectivity index (χ3v) is 3.50. The van der Waals surface area contributed by atoms with Crippen molar-refractivity contribution >= 4 is 22.4 Å². The maximum atomic E-state index is 5.77. The van der Waals surface area contributed by atoms with Crippen molar-refractivity contribution in [3.05, 3.63) is 30.3 Å². The van der Waals surface area contributed by atoms with Crippen LogP contribution in [0.15, 0.2) is 30.3 Å². The smallest absolute Gasteiger partial charge is 0.129 e. The number of hydrogen-bond donors (Lipinski definition) is 1. The lowest BCUT2D eigenvalue weighted by atomic mass is 10.2. The predicted octanol–water partition coefficient (Wildman–Crippen LogP) is 2.04. The van der Waals surface area contributed by atoms with Crippen LogP contribution in [0.2, 0.25) is 0 Å². The van der Waals surface area contributed by atoms with Crippen LogP contribution < -0.4 is 10.6 Å². The van der Waals surface area contributed by atoms with E-state index in [1.165, 1.54) is 0 Å². The molecule has 3 rings (SSSR count). The fourth-order valence-electron chi connectivity index (χ4n) is 2.44. The largest absolute Gasteiger partial charge is 0.399 e. The summed E-state index contributed by atoms with van der Waals surface area (Å²) >= 11 is 0. The van der Waals surface area contributed by atoms with Crippen LogP contribution in [0, 0.1) is 0 Å². The van der Waals surface area contributed by atoms with E-state index < -0.39 is 0 Å². The van der Waals surface area contributed by atoms with Crippen LogP contribution >= 0.6 is 0 Å². The van der Waals surface area contributed by atoms with Crippen LogP contribution in [0.3, 0.4) is 0 Å². The Kier molecular flexibility index (Phi) is 2.80. The number of rotatable bonds is 2. The van der Waals surface area contributed by atoms with E-state index in [4.69, 9.17) is 10.5 Å². The molecule has 0 aliphatic carbocycles. The number of nitrogens with two attached hydrogens (primary N) is 1. The summed E-state index contributed by atoms with van der Waals surface area (Å²) in [5.74, 6) is 1.02. The van der Waals surface area contributed by atoms with Gasteiger partial charge >= 0.3 is 0 Å². The number of anilines is 2. The van der Waals surface area contributed by atoms with Gasteiger partial charge in [0, 0.05) is 31.3 Å². The number of ether oxygens (including phenoxy) is 1. The molecule has 2 aromatic rings. The molecular weight excluding hydrogens is 226 g/mol. The molecule has 0 bridgehead atoms. The molecule has 2 N–H and O–H groups in total. The van der Waals surface area contributed by atoms with Gasteiger partial charge in [0.2, 0.25) is 0 Å². The lowest BCUT2D eigenvalue weighted by Crippen LogP contribution is -2.22. The van der Waals surface area contributed by atoms with Crippen LogP contribution in [0.5, 0.6) is 0 Å². The summed E-state index contributed by atoms with van der Waals surface area (Å²) in [5.41, 5.74) is 7.53. The zero-order valence-electron chi connectivity index (χ0n) is 10.5. The Labute approximate surface area is 106 Å². The molecule has 1 aliphatic rings. The first-order valence-electron chi connectivity index (χ1n) is 6.20. The van der Waals surface area contributed by atoms with E-state index >= 15 is 0 Å². The molecule has 4 nitrogen and oxygen atoms in total. The van der Waals surface area contributed by atoms with Crippen molar-refractivity contribution in [2.75, 3.05) is 30.8 Å². The van der Waals surface area contributed by atoms with Crippen LogP contribution in [-0.2, 0) is 4.74 Å². The number of aromatic nitrogens is 1. The molecular formula is C14H17N3O. The minimum Gasteiger partial charge on any atom is -0.399 e. The maximum Gasteiger partial charge on any atom is 0.129 e. The van der Waals surface area contributed by atoms with Crippen LogP contribution in [0.4, 0.5) is 11.5 Å². The van der Waals surface area contributed by atoms with Crippen molar-refractivity contribution < 1.29 is 4.74 Å². The van der Waals surface area contributed by atoms with E-state index in [1.807, 2.05) is 18.2 Å². The Morgan fingerprint density at radius 1 is 1.33 bits per heavy atom. The van der Waals surface area contributed by atoms with E-state index in [0.717, 1.165) is 41.9 Å². The van der Waals surface area contributed by atoms with Gasteiger partial charge in [0.15, 0.2) is 0 Å². The normalized spacial score (nSPS) is 19.6. The number of nitrogen functional groups attached to an aromatic ring is 1. The highest BCUT2D eigenvalue weighted by Crippen LogP contribution is 2.23. The van der Waals surface area contributed by atoms with Gasteiger partial charge in [0.1, 0.15) is 5.82 Å². The minimum absolute atomic E-state index is 0.328. The van der Waals surface area contributed by atoms with Gasteiger partial charge in [-0.15, -0.1) is 0 Å². The lowest BCUT2D eigenvalue weighted by molar-refractivity contribution is 0.121. The third-order valence-electron chi connectivity index (χ3n) is 3.50. The van der Waals surface area contributed by atoms with Crippen LogP contribution in [-0.4, -0.2) is 31.3 Å². The summed E-state index contributed by atoms with van der Waals surface area (Å²) < 4.78 is 5.38. The van der Waals surface area contributed by atoms with Gasteiger partial charge in [-0.25, -0.2) is 4.98 Å². The number of benzene rings is 1. The second-order valence-corrected chi connectivity index (χ2v) is 4.71. The van der Waals surface area contributed by atoms with E-state index in [-0.39, 0.29) is 0 Å². The Morgan fingerprint density at radius 2 is 2.22 bits per heavy atom. The van der Waals surface area contributed by atoms with E-state index in [0.29, 0.717) is 6.10 Å². The molecule has 0 radical (unpaired) electrons. The van der Waals surface area contributed by atoms with Crippen molar-refractivity contribution in [1.82, 2.24) is 4.98 Å². The molecule has 2 heterocycles. The Bertz CT molecular complexity index is 570. The van der Waals surface area contributed by atoms with Crippen LogP contribution in [0.25, 0.3) is 10.9 Å². The van der Waals surface area contributed by atoms with Crippen LogP contribution in [0.1, 0.15) is 6.42 Å². The van der Waals surface area contributed by atoms with E-state index in [2.05, 4.69) is 22.0 Å². The molecule has 1 atom stereocenters. The number of fused-ring (bicyclic) bond motifs is 1. The average molecular weight is 243 g/mol. The first-order chi connectivity index (χ1) is 8.76. The van der Waals surface area contributed by atoms with Gasteiger partial charge in [-0.2, -0.15) is 0 Å². The molecule has 1 saturated heterocycles. The third kappa shape index (κ3) is 1.99. The highest BCUT2D eigenvalue weighted by atomic mass is 16.5. The second-order valence-electron chi connectivity index (χ2n) is 4.71. The first-order valence-corrected chi connectivity index (χ1v) is 6.20. The molecule has 0 spiro atoms. The number of hydrogen-bond acceptors (Lipinski definition) is 4. The number of pyridine rings is 1.